The molecule has 0 spiro atoms. The molecule has 0 saturated carbocycles. The van der Waals surface area contributed by atoms with Gasteiger partial charge in [-0.05, 0) is 36.4 Å². The zero-order chi connectivity index (χ0) is 18.2. The SMILES string of the molecule is O=C(CNC(=O)c1ccccc1)Nc1ccccc1Oc1ccccc1. The second-order valence-electron chi connectivity index (χ2n) is 5.51. The van der Waals surface area contributed by atoms with Crippen LogP contribution < -0.4 is 15.4 Å². The lowest BCUT2D eigenvalue weighted by Crippen LogP contribution is -2.32. The van der Waals surface area contributed by atoms with E-state index < -0.39 is 0 Å². The van der Waals surface area contributed by atoms with Crippen molar-refractivity contribution in [2.75, 3.05) is 11.9 Å². The fraction of sp³-hybridized carbons (Fsp3) is 0.0476. The smallest absolute Gasteiger partial charge is 0.251 e. The van der Waals surface area contributed by atoms with E-state index in [0.29, 0.717) is 22.7 Å². The maximum Gasteiger partial charge on any atom is 0.251 e. The van der Waals surface area contributed by atoms with Gasteiger partial charge in [0, 0.05) is 5.56 Å². The van der Waals surface area contributed by atoms with Gasteiger partial charge in [-0.25, -0.2) is 0 Å². The third-order valence-corrected chi connectivity index (χ3v) is 3.58. The highest BCUT2D eigenvalue weighted by atomic mass is 16.5. The van der Waals surface area contributed by atoms with Crippen LogP contribution in [0.15, 0.2) is 84.9 Å². The van der Waals surface area contributed by atoms with Crippen molar-refractivity contribution >= 4 is 17.5 Å². The van der Waals surface area contributed by atoms with Crippen LogP contribution in [-0.4, -0.2) is 18.4 Å². The van der Waals surface area contributed by atoms with E-state index in [9.17, 15) is 9.59 Å². The van der Waals surface area contributed by atoms with Crippen molar-refractivity contribution in [2.24, 2.45) is 0 Å². The number of hydrogen-bond donors (Lipinski definition) is 2. The van der Waals surface area contributed by atoms with Gasteiger partial charge in [0.15, 0.2) is 5.75 Å². The molecule has 0 unspecified atom stereocenters. The summed E-state index contributed by atoms with van der Waals surface area (Å²) >= 11 is 0. The molecule has 0 aliphatic heterocycles. The Kier molecular flexibility index (Phi) is 5.62. The van der Waals surface area contributed by atoms with Gasteiger partial charge in [0.25, 0.3) is 5.91 Å². The molecule has 3 rings (SSSR count). The number of amides is 2. The fourth-order valence-corrected chi connectivity index (χ4v) is 2.32. The molecule has 3 aromatic carbocycles. The van der Waals surface area contributed by atoms with Crippen LogP contribution >= 0.6 is 0 Å². The molecule has 5 nitrogen and oxygen atoms in total. The Balaban J connectivity index is 1.60. The van der Waals surface area contributed by atoms with Gasteiger partial charge in [0.2, 0.25) is 5.91 Å². The predicted molar refractivity (Wildman–Crippen MR) is 100 cm³/mol. The zero-order valence-electron chi connectivity index (χ0n) is 14.0. The van der Waals surface area contributed by atoms with Gasteiger partial charge in [-0.1, -0.05) is 48.5 Å². The van der Waals surface area contributed by atoms with E-state index in [1.807, 2.05) is 42.5 Å². The minimum Gasteiger partial charge on any atom is -0.455 e. The monoisotopic (exact) mass is 346 g/mol. The van der Waals surface area contributed by atoms with Crippen molar-refractivity contribution < 1.29 is 14.3 Å². The van der Waals surface area contributed by atoms with Crippen molar-refractivity contribution in [1.82, 2.24) is 5.32 Å². The number of benzene rings is 3. The molecule has 0 bridgehead atoms. The van der Waals surface area contributed by atoms with E-state index in [2.05, 4.69) is 10.6 Å². The molecule has 0 heterocycles. The van der Waals surface area contributed by atoms with Gasteiger partial charge in [0.1, 0.15) is 5.75 Å². The normalized spacial score (nSPS) is 10.0. The molecule has 0 aliphatic carbocycles. The molecule has 2 N–H and O–H groups in total. The summed E-state index contributed by atoms with van der Waals surface area (Å²) in [6.07, 6.45) is 0. The Morgan fingerprint density at radius 1 is 0.769 bits per heavy atom. The summed E-state index contributed by atoms with van der Waals surface area (Å²) in [7, 11) is 0. The number of nitrogens with one attached hydrogen (secondary N) is 2. The van der Waals surface area contributed by atoms with Crippen LogP contribution in [0.3, 0.4) is 0 Å². The lowest BCUT2D eigenvalue weighted by molar-refractivity contribution is -0.115. The zero-order valence-corrected chi connectivity index (χ0v) is 14.0. The summed E-state index contributed by atoms with van der Waals surface area (Å²) in [5, 5.41) is 5.36. The lowest BCUT2D eigenvalue weighted by Gasteiger charge is -2.12. The van der Waals surface area contributed by atoms with Crippen molar-refractivity contribution in [3.63, 3.8) is 0 Å². The summed E-state index contributed by atoms with van der Waals surface area (Å²) in [5.74, 6) is 0.570. The van der Waals surface area contributed by atoms with Gasteiger partial charge in [-0.3, -0.25) is 9.59 Å². The molecule has 0 aliphatic rings. The molecule has 0 radical (unpaired) electrons. The molecule has 3 aromatic rings. The standard InChI is InChI=1S/C21H18N2O3/c24-20(15-22-21(25)16-9-3-1-4-10-16)23-18-13-7-8-14-19(18)26-17-11-5-2-6-12-17/h1-14H,15H2,(H,22,25)(H,23,24). The van der Waals surface area contributed by atoms with Gasteiger partial charge in [0.05, 0.1) is 12.2 Å². The van der Waals surface area contributed by atoms with E-state index >= 15 is 0 Å². The Hall–Kier alpha value is -3.60. The number of rotatable bonds is 6. The third-order valence-electron chi connectivity index (χ3n) is 3.58. The van der Waals surface area contributed by atoms with Crippen LogP contribution in [0.4, 0.5) is 5.69 Å². The van der Waals surface area contributed by atoms with Crippen LogP contribution in [0.25, 0.3) is 0 Å². The summed E-state index contributed by atoms with van der Waals surface area (Å²) < 4.78 is 5.80. The molecule has 0 atom stereocenters. The number of hydrogen-bond acceptors (Lipinski definition) is 3. The Labute approximate surface area is 151 Å². The first-order valence-corrected chi connectivity index (χ1v) is 8.17. The highest BCUT2D eigenvalue weighted by Gasteiger charge is 2.10. The number of carbonyl (C=O) groups excluding carboxylic acids is 2. The first-order valence-electron chi connectivity index (χ1n) is 8.17. The number of ether oxygens (including phenoxy) is 1. The Morgan fingerprint density at radius 2 is 1.38 bits per heavy atom. The quantitative estimate of drug-likeness (QED) is 0.712. The van der Waals surface area contributed by atoms with Gasteiger partial charge in [-0.2, -0.15) is 0 Å². The van der Waals surface area contributed by atoms with E-state index in [4.69, 9.17) is 4.74 Å². The van der Waals surface area contributed by atoms with Gasteiger partial charge in [-0.15, -0.1) is 0 Å². The molecule has 26 heavy (non-hydrogen) atoms. The van der Waals surface area contributed by atoms with Crippen molar-refractivity contribution in [3.8, 4) is 11.5 Å². The Bertz CT molecular complexity index is 880. The second kappa shape index (κ2) is 8.48. The molecule has 0 saturated heterocycles. The molecule has 0 aromatic heterocycles. The molecule has 5 heteroatoms. The maximum atomic E-state index is 12.2. The van der Waals surface area contributed by atoms with Crippen LogP contribution in [-0.2, 0) is 4.79 Å². The van der Waals surface area contributed by atoms with Crippen molar-refractivity contribution in [3.05, 3.63) is 90.5 Å². The van der Waals surface area contributed by atoms with E-state index in [1.54, 1.807) is 42.5 Å². The van der Waals surface area contributed by atoms with Gasteiger partial charge < -0.3 is 15.4 Å². The summed E-state index contributed by atoms with van der Waals surface area (Å²) in [6.45, 7) is -0.132. The average Bonchev–Trinajstić information content (AvgIpc) is 2.69. The first-order chi connectivity index (χ1) is 12.7. The van der Waals surface area contributed by atoms with Crippen LogP contribution in [0.2, 0.25) is 0 Å². The highest BCUT2D eigenvalue weighted by Crippen LogP contribution is 2.28. The van der Waals surface area contributed by atoms with Crippen molar-refractivity contribution in [1.29, 1.82) is 0 Å². The Morgan fingerprint density at radius 3 is 2.12 bits per heavy atom. The lowest BCUT2D eigenvalue weighted by atomic mass is 10.2. The van der Waals surface area contributed by atoms with E-state index in [0.717, 1.165) is 0 Å². The summed E-state index contributed by atoms with van der Waals surface area (Å²) in [6, 6.07) is 25.2. The third kappa shape index (κ3) is 4.70. The molecular formula is C21H18N2O3. The van der Waals surface area contributed by atoms with Gasteiger partial charge >= 0.3 is 0 Å². The largest absolute Gasteiger partial charge is 0.455 e. The van der Waals surface area contributed by atoms with Crippen LogP contribution in [0.5, 0.6) is 11.5 Å². The minimum atomic E-state index is -0.335. The second-order valence-corrected chi connectivity index (χ2v) is 5.51. The van der Waals surface area contributed by atoms with Crippen molar-refractivity contribution in [2.45, 2.75) is 0 Å². The first kappa shape index (κ1) is 17.2. The fourth-order valence-electron chi connectivity index (χ4n) is 2.32. The number of carbonyl (C=O) groups is 2. The van der Waals surface area contributed by atoms with Crippen LogP contribution in [0.1, 0.15) is 10.4 Å². The summed E-state index contributed by atoms with van der Waals surface area (Å²) in [4.78, 5) is 24.2. The molecular weight excluding hydrogens is 328 g/mol. The predicted octanol–water partition coefficient (Wildman–Crippen LogP) is 3.85. The maximum absolute atomic E-state index is 12.2. The van der Waals surface area contributed by atoms with E-state index in [1.165, 1.54) is 0 Å². The minimum absolute atomic E-state index is 0.132. The molecule has 2 amide bonds. The van der Waals surface area contributed by atoms with E-state index in [-0.39, 0.29) is 18.4 Å². The molecule has 0 fully saturated rings. The number of anilines is 1. The average molecular weight is 346 g/mol. The number of para-hydroxylation sites is 3. The topological polar surface area (TPSA) is 67.4 Å². The summed E-state index contributed by atoms with van der Waals surface area (Å²) in [5.41, 5.74) is 1.04. The molecule has 130 valence electrons. The highest BCUT2D eigenvalue weighted by molar-refractivity contribution is 5.99. The van der Waals surface area contributed by atoms with Crippen LogP contribution in [0, 0.1) is 0 Å².